The lowest BCUT2D eigenvalue weighted by Gasteiger charge is -2.40. The van der Waals surface area contributed by atoms with Crippen molar-refractivity contribution in [2.45, 2.75) is 250 Å². The summed E-state index contributed by atoms with van der Waals surface area (Å²) >= 11 is 11.0. The largest absolute Gasteiger partial charge is 0.144 e. The molecule has 0 spiro atoms. The Labute approximate surface area is 524 Å². The second-order valence-corrected chi connectivity index (χ2v) is 31.7. The molecule has 0 unspecified atom stereocenters. The lowest BCUT2D eigenvalue weighted by molar-refractivity contribution is 0.389. The Balaban J connectivity index is 1.41. The van der Waals surface area contributed by atoms with E-state index in [1.807, 2.05) is 34.0 Å². The van der Waals surface area contributed by atoms with Crippen LogP contribution in [-0.2, 0) is 16.2 Å². The number of unbranched alkanes of at least 4 members (excludes halogenated alkanes) is 18. The minimum absolute atomic E-state index is 0.0947. The van der Waals surface area contributed by atoms with Gasteiger partial charge in [0.25, 0.3) is 0 Å². The van der Waals surface area contributed by atoms with Crippen molar-refractivity contribution in [3.05, 3.63) is 136 Å². The van der Waals surface area contributed by atoms with Crippen molar-refractivity contribution >= 4 is 79.2 Å². The number of rotatable bonds is 33. The van der Waals surface area contributed by atoms with E-state index >= 15 is 0 Å². The molecule has 10 rings (SSSR count). The Hall–Kier alpha value is -2.56. The molecule has 0 atom stereocenters. The summed E-state index contributed by atoms with van der Waals surface area (Å²) in [5, 5.41) is 2.30. The molecule has 5 heteroatoms. The first-order valence-corrected chi connectivity index (χ1v) is 37.2. The Kier molecular flexibility index (Phi) is 21.3. The number of thiophene rings is 3. The molecule has 0 fully saturated rings. The monoisotopic (exact) mass is 1340 g/mol. The Morgan fingerprint density at radius 2 is 0.625 bits per heavy atom. The van der Waals surface area contributed by atoms with E-state index in [2.05, 4.69) is 183 Å². The molecule has 7 aromatic rings. The first kappa shape index (κ1) is 60.6. The number of halogens is 2. The van der Waals surface area contributed by atoms with E-state index in [4.69, 9.17) is 0 Å². The summed E-state index contributed by atoms with van der Waals surface area (Å²) < 4.78 is 2.75. The Morgan fingerprint density at radius 1 is 0.325 bits per heavy atom. The summed E-state index contributed by atoms with van der Waals surface area (Å²) in [7, 11) is 0. The van der Waals surface area contributed by atoms with E-state index < -0.39 is 0 Å². The zero-order valence-electron chi connectivity index (χ0n) is 49.9. The summed E-state index contributed by atoms with van der Waals surface area (Å²) in [4.78, 5) is 4.25. The summed E-state index contributed by atoms with van der Waals surface area (Å²) in [5.74, 6) is 0. The predicted molar refractivity (Wildman–Crippen MR) is 373 cm³/mol. The van der Waals surface area contributed by atoms with E-state index in [9.17, 15) is 0 Å². The second kappa shape index (κ2) is 28.1. The number of fused-ring (bicyclic) bond motifs is 12. The average Bonchev–Trinajstić information content (AvgIpc) is 4.34. The third-order valence-electron chi connectivity index (χ3n) is 19.6. The maximum Gasteiger partial charge on any atom is 0.0660 e. The van der Waals surface area contributed by atoms with Crippen LogP contribution < -0.4 is 0 Å². The predicted octanol–water partition coefficient (Wildman–Crippen LogP) is 26.7. The topological polar surface area (TPSA) is 0 Å². The molecule has 0 amide bonds. The highest BCUT2D eigenvalue weighted by atomic mass is 127. The van der Waals surface area contributed by atoms with Gasteiger partial charge in [-0.05, 0) is 221 Å². The fourth-order valence-corrected chi connectivity index (χ4v) is 19.7. The van der Waals surface area contributed by atoms with Crippen LogP contribution >= 0.6 is 79.2 Å². The minimum atomic E-state index is -0.0982. The normalized spacial score (nSPS) is 14.8. The lowest BCUT2D eigenvalue weighted by atomic mass is 9.63. The summed E-state index contributed by atoms with van der Waals surface area (Å²) in [6, 6.07) is 38.4. The van der Waals surface area contributed by atoms with Crippen molar-refractivity contribution in [3.8, 4) is 64.7 Å². The highest BCUT2D eigenvalue weighted by Crippen LogP contribution is 2.72. The zero-order chi connectivity index (χ0) is 55.7. The minimum Gasteiger partial charge on any atom is -0.144 e. The standard InChI is InChI=1S/C75H94I2S3/c1-7-13-19-25-43-73(44-26-20-14-8-2)59-50-53(62-32-31-49-78-62)33-36-56(59)67-70(73)68-57-37-34-54(63-39-41-65(76)79-63)51-60(57)75(47-29-23-17-11-5,48-30-24-18-12-6)72(68)69-58-38-35-55(64-40-42-66(77)80-64)52-61(58)74(71(67)69,45-27-21-15-9-3)46-28-22-16-10-4/h31-42,49-52H,7-30,43-48H2,1-6H3. The molecule has 0 saturated heterocycles. The van der Waals surface area contributed by atoms with Crippen LogP contribution in [0.25, 0.3) is 64.7 Å². The van der Waals surface area contributed by atoms with Crippen LogP contribution in [0.5, 0.6) is 0 Å². The average molecular weight is 1350 g/mol. The van der Waals surface area contributed by atoms with Gasteiger partial charge in [-0.3, -0.25) is 0 Å². The van der Waals surface area contributed by atoms with E-state index in [1.54, 1.807) is 66.8 Å². The van der Waals surface area contributed by atoms with Crippen LogP contribution in [0.4, 0.5) is 0 Å². The quantitative estimate of drug-likeness (QED) is 0.0284. The summed E-state index contributed by atoms with van der Waals surface area (Å²) in [6.07, 6.45) is 38.4. The molecular formula is C75H94I2S3. The molecule has 426 valence electrons. The van der Waals surface area contributed by atoms with Crippen LogP contribution in [0.1, 0.15) is 268 Å². The van der Waals surface area contributed by atoms with Crippen LogP contribution in [0, 0.1) is 5.77 Å². The molecule has 80 heavy (non-hydrogen) atoms. The molecule has 0 saturated carbocycles. The summed E-state index contributed by atoms with van der Waals surface area (Å²) in [5.41, 5.74) is 24.2. The van der Waals surface area contributed by atoms with Gasteiger partial charge >= 0.3 is 0 Å². The van der Waals surface area contributed by atoms with Gasteiger partial charge in [0.15, 0.2) is 0 Å². The zero-order valence-corrected chi connectivity index (χ0v) is 56.7. The van der Waals surface area contributed by atoms with Gasteiger partial charge in [0.2, 0.25) is 0 Å². The smallest absolute Gasteiger partial charge is 0.0660 e. The fraction of sp³-hybridized carbons (Fsp3) is 0.520. The lowest BCUT2D eigenvalue weighted by Crippen LogP contribution is -2.31. The van der Waals surface area contributed by atoms with Crippen LogP contribution in [-0.4, -0.2) is 0 Å². The van der Waals surface area contributed by atoms with Crippen molar-refractivity contribution in [2.24, 2.45) is 0 Å². The number of benzene rings is 4. The Bertz CT molecular complexity index is 3060. The number of hydrogen-bond acceptors (Lipinski definition) is 3. The molecular weight excluding hydrogens is 1250 g/mol. The van der Waals surface area contributed by atoms with Crippen molar-refractivity contribution in [2.75, 3.05) is 0 Å². The molecule has 3 aliphatic carbocycles. The van der Waals surface area contributed by atoms with Gasteiger partial charge in [0, 0.05) is 30.9 Å². The van der Waals surface area contributed by atoms with Gasteiger partial charge in [-0.1, -0.05) is 238 Å². The van der Waals surface area contributed by atoms with Crippen molar-refractivity contribution in [1.29, 1.82) is 0 Å². The van der Waals surface area contributed by atoms with Gasteiger partial charge in [-0.25, -0.2) is 0 Å². The maximum atomic E-state index is 2.80. The van der Waals surface area contributed by atoms with E-state index in [1.165, 1.54) is 230 Å². The van der Waals surface area contributed by atoms with Crippen molar-refractivity contribution in [3.63, 3.8) is 0 Å². The van der Waals surface area contributed by atoms with Gasteiger partial charge in [0.05, 0.1) is 5.77 Å². The molecule has 0 bridgehead atoms. The van der Waals surface area contributed by atoms with Gasteiger partial charge < -0.3 is 0 Å². The van der Waals surface area contributed by atoms with Crippen molar-refractivity contribution in [1.82, 2.24) is 0 Å². The van der Waals surface area contributed by atoms with Gasteiger partial charge in [-0.15, -0.1) is 34.0 Å². The molecule has 0 aliphatic heterocycles. The van der Waals surface area contributed by atoms with Crippen LogP contribution in [0.2, 0.25) is 0 Å². The fourth-order valence-electron chi connectivity index (χ4n) is 15.8. The highest BCUT2D eigenvalue weighted by Gasteiger charge is 2.58. The highest BCUT2D eigenvalue weighted by molar-refractivity contribution is 14.1. The summed E-state index contributed by atoms with van der Waals surface area (Å²) in [6.45, 7) is 14.5. The van der Waals surface area contributed by atoms with E-state index in [0.29, 0.717) is 0 Å². The molecule has 3 heterocycles. The molecule has 0 radical (unpaired) electrons. The van der Waals surface area contributed by atoms with Crippen LogP contribution in [0.15, 0.2) is 96.4 Å². The van der Waals surface area contributed by atoms with E-state index in [-0.39, 0.29) is 16.2 Å². The molecule has 4 aromatic carbocycles. The first-order valence-electron chi connectivity index (χ1n) is 32.5. The molecule has 0 nitrogen and oxygen atoms in total. The Morgan fingerprint density at radius 3 is 0.875 bits per heavy atom. The SMILES string of the molecule is CCCCCCC1(CCCCCC)c2cc(-c3cccs3)ccc2-c2c1c1c(c3c2C(CCCCCC)(CCCCCC)c2cc(-c4ccc(I)s4)ccc2-3)C(CCCCCC)(CCCCCC)c2cc(-c3ccc(I)s3)ccc2-1. The van der Waals surface area contributed by atoms with E-state index in [0.717, 1.165) is 0 Å². The van der Waals surface area contributed by atoms with Crippen molar-refractivity contribution < 1.29 is 0 Å². The molecule has 3 aromatic heterocycles. The second-order valence-electron chi connectivity index (χ2n) is 24.8. The third-order valence-corrected chi connectivity index (χ3v) is 24.4. The molecule has 0 N–H and O–H groups in total. The molecule has 3 aliphatic rings. The number of hydrogen-bond donors (Lipinski definition) is 0. The maximum absolute atomic E-state index is 2.80. The van der Waals surface area contributed by atoms with Gasteiger partial charge in [0.1, 0.15) is 0 Å². The first-order chi connectivity index (χ1) is 39.2. The third kappa shape index (κ3) is 11.9. The van der Waals surface area contributed by atoms with Crippen LogP contribution in [0.3, 0.4) is 0 Å². The van der Waals surface area contributed by atoms with Gasteiger partial charge in [-0.2, -0.15) is 0 Å².